The van der Waals surface area contributed by atoms with Crippen LogP contribution >= 0.6 is 0 Å². The van der Waals surface area contributed by atoms with Crippen molar-refractivity contribution in [2.75, 3.05) is 0 Å². The predicted molar refractivity (Wildman–Crippen MR) is 69.7 cm³/mol. The Labute approximate surface area is 105 Å². The van der Waals surface area contributed by atoms with Gasteiger partial charge < -0.3 is 9.73 Å². The van der Waals surface area contributed by atoms with E-state index in [1.54, 1.807) is 24.3 Å². The molecule has 0 bridgehead atoms. The number of nitrogens with one attached hydrogen (secondary N) is 1. The van der Waals surface area contributed by atoms with Gasteiger partial charge in [0, 0.05) is 11.4 Å². The fraction of sp³-hybridized carbons (Fsp3) is 0.286. The van der Waals surface area contributed by atoms with Gasteiger partial charge in [-0.15, -0.1) is 0 Å². The van der Waals surface area contributed by atoms with Crippen LogP contribution in [0.25, 0.3) is 10.8 Å². The molecule has 1 aromatic heterocycles. The lowest BCUT2D eigenvalue weighted by Crippen LogP contribution is -2.32. The quantitative estimate of drug-likeness (QED) is 0.902. The van der Waals surface area contributed by atoms with Gasteiger partial charge in [0.1, 0.15) is 6.26 Å². The Morgan fingerprint density at radius 3 is 2.67 bits per heavy atom. The van der Waals surface area contributed by atoms with Gasteiger partial charge in [-0.1, -0.05) is 25.1 Å². The molecule has 4 nitrogen and oxygen atoms in total. The Morgan fingerprint density at radius 2 is 2.00 bits per heavy atom. The first-order valence-electron chi connectivity index (χ1n) is 5.95. The third-order valence-electron chi connectivity index (χ3n) is 2.96. The molecule has 4 heteroatoms. The number of carbonyl (C=O) groups is 1. The number of fused-ring (bicyclic) bond motifs is 1. The summed E-state index contributed by atoms with van der Waals surface area (Å²) in [6.07, 6.45) is 2.07. The van der Waals surface area contributed by atoms with Crippen LogP contribution in [0.1, 0.15) is 30.6 Å². The van der Waals surface area contributed by atoms with Gasteiger partial charge in [-0.3, -0.25) is 4.79 Å². The van der Waals surface area contributed by atoms with Crippen LogP contribution < -0.4 is 10.9 Å². The summed E-state index contributed by atoms with van der Waals surface area (Å²) in [5, 5.41) is 3.90. The molecule has 2 rings (SSSR count). The standard InChI is InChI=1S/C14H15NO3/c1-3-9(2)15-13(16)12-8-18-14(17)11-7-5-4-6-10(11)12/h4-9H,3H2,1-2H3,(H,15,16). The van der Waals surface area contributed by atoms with Crippen molar-refractivity contribution in [3.05, 3.63) is 46.5 Å². The number of benzene rings is 1. The van der Waals surface area contributed by atoms with E-state index in [1.165, 1.54) is 6.26 Å². The molecule has 0 aliphatic rings. The molecule has 0 spiro atoms. The fourth-order valence-corrected chi connectivity index (χ4v) is 1.71. The lowest BCUT2D eigenvalue weighted by molar-refractivity contribution is 0.0939. The molecule has 1 amide bonds. The molecule has 0 aliphatic heterocycles. The predicted octanol–water partition coefficient (Wildman–Crippen LogP) is 2.32. The first-order chi connectivity index (χ1) is 8.63. The van der Waals surface area contributed by atoms with Crippen LogP contribution in [0.15, 0.2) is 39.7 Å². The van der Waals surface area contributed by atoms with Crippen LogP contribution in [0.4, 0.5) is 0 Å². The zero-order valence-corrected chi connectivity index (χ0v) is 10.4. The summed E-state index contributed by atoms with van der Waals surface area (Å²) >= 11 is 0. The highest BCUT2D eigenvalue weighted by Crippen LogP contribution is 2.15. The highest BCUT2D eigenvalue weighted by molar-refractivity contribution is 6.06. The summed E-state index contributed by atoms with van der Waals surface area (Å²) in [5.74, 6) is -0.218. The number of hydrogen-bond acceptors (Lipinski definition) is 3. The van der Waals surface area contributed by atoms with E-state index in [-0.39, 0.29) is 11.9 Å². The van der Waals surface area contributed by atoms with E-state index in [4.69, 9.17) is 4.42 Å². The third kappa shape index (κ3) is 2.27. The molecule has 1 aromatic carbocycles. The summed E-state index contributed by atoms with van der Waals surface area (Å²) in [6.45, 7) is 3.92. The third-order valence-corrected chi connectivity index (χ3v) is 2.96. The van der Waals surface area contributed by atoms with Gasteiger partial charge in [0.05, 0.1) is 10.9 Å². The SMILES string of the molecule is CCC(C)NC(=O)c1coc(=O)c2ccccc12. The number of rotatable bonds is 3. The Kier molecular flexibility index (Phi) is 3.46. The maximum absolute atomic E-state index is 12.1. The van der Waals surface area contributed by atoms with Crippen molar-refractivity contribution in [2.45, 2.75) is 26.3 Å². The highest BCUT2D eigenvalue weighted by Gasteiger charge is 2.14. The minimum absolute atomic E-state index is 0.0863. The zero-order chi connectivity index (χ0) is 13.1. The topological polar surface area (TPSA) is 59.3 Å². The molecule has 0 fully saturated rings. The van der Waals surface area contributed by atoms with Gasteiger partial charge in [-0.05, 0) is 19.4 Å². The molecule has 0 aliphatic carbocycles. The van der Waals surface area contributed by atoms with Crippen LogP contribution in [0.2, 0.25) is 0 Å². The fourth-order valence-electron chi connectivity index (χ4n) is 1.71. The largest absolute Gasteiger partial charge is 0.430 e. The van der Waals surface area contributed by atoms with Crippen LogP contribution in [0.3, 0.4) is 0 Å². The van der Waals surface area contributed by atoms with Crippen LogP contribution in [-0.2, 0) is 0 Å². The summed E-state index contributed by atoms with van der Waals surface area (Å²) in [7, 11) is 0. The van der Waals surface area contributed by atoms with Gasteiger partial charge >= 0.3 is 5.63 Å². The molecule has 2 aromatic rings. The van der Waals surface area contributed by atoms with Crippen LogP contribution in [0, 0.1) is 0 Å². The van der Waals surface area contributed by atoms with E-state index in [9.17, 15) is 9.59 Å². The van der Waals surface area contributed by atoms with Gasteiger partial charge in [0.2, 0.25) is 0 Å². The monoisotopic (exact) mass is 245 g/mol. The Morgan fingerprint density at radius 1 is 1.33 bits per heavy atom. The second-order valence-corrected chi connectivity index (χ2v) is 4.27. The molecule has 1 atom stereocenters. The van der Waals surface area contributed by atoms with Crippen LogP contribution in [-0.4, -0.2) is 11.9 Å². The number of carbonyl (C=O) groups excluding carboxylic acids is 1. The van der Waals surface area contributed by atoms with Gasteiger partial charge in [0.15, 0.2) is 0 Å². The molecular weight excluding hydrogens is 230 g/mol. The van der Waals surface area contributed by atoms with E-state index < -0.39 is 5.63 Å². The second kappa shape index (κ2) is 5.04. The Balaban J connectivity index is 2.49. The van der Waals surface area contributed by atoms with Crippen molar-refractivity contribution >= 4 is 16.7 Å². The molecule has 1 heterocycles. The van der Waals surface area contributed by atoms with Crippen molar-refractivity contribution in [1.29, 1.82) is 0 Å². The lowest BCUT2D eigenvalue weighted by atomic mass is 10.1. The maximum Gasteiger partial charge on any atom is 0.343 e. The lowest BCUT2D eigenvalue weighted by Gasteiger charge is -2.11. The van der Waals surface area contributed by atoms with Crippen molar-refractivity contribution in [3.63, 3.8) is 0 Å². The normalized spacial score (nSPS) is 12.3. The number of amides is 1. The van der Waals surface area contributed by atoms with E-state index in [0.717, 1.165) is 6.42 Å². The van der Waals surface area contributed by atoms with Gasteiger partial charge in [-0.2, -0.15) is 0 Å². The maximum atomic E-state index is 12.1. The zero-order valence-electron chi connectivity index (χ0n) is 10.4. The summed E-state index contributed by atoms with van der Waals surface area (Å²) in [4.78, 5) is 23.6. The Hall–Kier alpha value is -2.10. The first kappa shape index (κ1) is 12.4. The minimum atomic E-state index is -0.425. The molecule has 94 valence electrons. The summed E-state index contributed by atoms with van der Waals surface area (Å²) in [6, 6.07) is 7.03. The van der Waals surface area contributed by atoms with E-state index in [1.807, 2.05) is 13.8 Å². The molecule has 18 heavy (non-hydrogen) atoms. The van der Waals surface area contributed by atoms with Crippen LogP contribution in [0.5, 0.6) is 0 Å². The van der Waals surface area contributed by atoms with E-state index in [0.29, 0.717) is 16.3 Å². The summed E-state index contributed by atoms with van der Waals surface area (Å²) < 4.78 is 4.89. The smallest absolute Gasteiger partial charge is 0.343 e. The Bertz CT molecular complexity index is 630. The molecule has 0 saturated heterocycles. The molecule has 0 radical (unpaired) electrons. The molecular formula is C14H15NO3. The molecule has 1 unspecified atom stereocenters. The average molecular weight is 245 g/mol. The molecule has 1 N–H and O–H groups in total. The van der Waals surface area contributed by atoms with Crippen molar-refractivity contribution < 1.29 is 9.21 Å². The van der Waals surface area contributed by atoms with Gasteiger partial charge in [0.25, 0.3) is 5.91 Å². The van der Waals surface area contributed by atoms with Crippen molar-refractivity contribution in [3.8, 4) is 0 Å². The summed E-state index contributed by atoms with van der Waals surface area (Å²) in [5.41, 5.74) is -0.0313. The molecule has 0 saturated carbocycles. The van der Waals surface area contributed by atoms with E-state index in [2.05, 4.69) is 5.32 Å². The van der Waals surface area contributed by atoms with Crippen molar-refractivity contribution in [1.82, 2.24) is 5.32 Å². The average Bonchev–Trinajstić information content (AvgIpc) is 2.39. The first-order valence-corrected chi connectivity index (χ1v) is 5.95. The van der Waals surface area contributed by atoms with Gasteiger partial charge in [-0.25, -0.2) is 4.79 Å². The number of hydrogen-bond donors (Lipinski definition) is 1. The minimum Gasteiger partial charge on any atom is -0.430 e. The second-order valence-electron chi connectivity index (χ2n) is 4.27. The van der Waals surface area contributed by atoms with E-state index >= 15 is 0 Å². The van der Waals surface area contributed by atoms with Crippen molar-refractivity contribution in [2.24, 2.45) is 0 Å². The highest BCUT2D eigenvalue weighted by atomic mass is 16.4.